The second-order valence-electron chi connectivity index (χ2n) is 11.0. The zero-order valence-corrected chi connectivity index (χ0v) is 23.9. The lowest BCUT2D eigenvalue weighted by atomic mass is 9.98. The summed E-state index contributed by atoms with van der Waals surface area (Å²) in [5, 5.41) is 16.9. The van der Waals surface area contributed by atoms with Crippen LogP contribution in [0.4, 0.5) is 11.5 Å². The molecule has 0 spiro atoms. The molecule has 0 atom stereocenters. The van der Waals surface area contributed by atoms with Gasteiger partial charge in [-0.2, -0.15) is 5.10 Å². The molecule has 4 heterocycles. The third kappa shape index (κ3) is 7.01. The Morgan fingerprint density at radius 2 is 1.59 bits per heavy atom. The molecule has 6 rings (SSSR count). The van der Waals surface area contributed by atoms with Crippen LogP contribution in [0.2, 0.25) is 0 Å². The fourth-order valence-electron chi connectivity index (χ4n) is 5.85. The number of carboxylic acids is 1. The van der Waals surface area contributed by atoms with Crippen molar-refractivity contribution >= 4 is 28.5 Å². The largest absolute Gasteiger partial charge is 0.481 e. The summed E-state index contributed by atoms with van der Waals surface area (Å²) in [6, 6.07) is 19.9. The van der Waals surface area contributed by atoms with E-state index >= 15 is 0 Å². The summed E-state index contributed by atoms with van der Waals surface area (Å²) >= 11 is 0. The van der Waals surface area contributed by atoms with Crippen molar-refractivity contribution in [3.8, 4) is 11.3 Å². The van der Waals surface area contributed by atoms with Crippen LogP contribution in [0.5, 0.6) is 0 Å². The van der Waals surface area contributed by atoms with Crippen LogP contribution in [0.3, 0.4) is 0 Å². The number of nitrogens with two attached hydrogens (primary N) is 1. The van der Waals surface area contributed by atoms with Crippen LogP contribution in [-0.4, -0.2) is 79.9 Å². The lowest BCUT2D eigenvalue weighted by Gasteiger charge is -2.41. The van der Waals surface area contributed by atoms with E-state index in [0.29, 0.717) is 17.9 Å². The normalized spacial score (nSPS) is 17.2. The predicted molar refractivity (Wildman–Crippen MR) is 163 cm³/mol. The fraction of sp³-hybridized carbons (Fsp3) is 0.419. The van der Waals surface area contributed by atoms with Gasteiger partial charge in [0.15, 0.2) is 5.65 Å². The maximum absolute atomic E-state index is 9.00. The number of benzene rings is 2. The Kier molecular flexibility index (Phi) is 9.11. The van der Waals surface area contributed by atoms with E-state index in [1.165, 1.54) is 31.5 Å². The van der Waals surface area contributed by atoms with Gasteiger partial charge < -0.3 is 26.0 Å². The number of hydrogen-bond donors (Lipinski definition) is 3. The van der Waals surface area contributed by atoms with Crippen molar-refractivity contribution in [1.29, 1.82) is 0 Å². The Hall–Kier alpha value is -4.02. The number of nitrogens with zero attached hydrogens (tertiary/aromatic N) is 6. The summed E-state index contributed by atoms with van der Waals surface area (Å²) in [4.78, 5) is 23.1. The molecule has 2 saturated heterocycles. The number of aromatic nitrogens is 4. The molecule has 4 N–H and O–H groups in total. The summed E-state index contributed by atoms with van der Waals surface area (Å²) in [5.74, 6) is -0.346. The highest BCUT2D eigenvalue weighted by atomic mass is 16.4. The lowest BCUT2D eigenvalue weighted by molar-refractivity contribution is -0.134. The minimum Gasteiger partial charge on any atom is -0.481 e. The highest BCUT2D eigenvalue weighted by Crippen LogP contribution is 2.35. The number of rotatable bonds is 6. The number of carboxylic acid groups (broad SMARTS) is 1. The van der Waals surface area contributed by atoms with E-state index in [1.807, 2.05) is 6.07 Å². The van der Waals surface area contributed by atoms with Crippen molar-refractivity contribution in [2.75, 3.05) is 44.3 Å². The molecular weight excluding hydrogens is 516 g/mol. The van der Waals surface area contributed by atoms with E-state index in [2.05, 4.69) is 85.3 Å². The van der Waals surface area contributed by atoms with Crippen molar-refractivity contribution in [2.24, 2.45) is 0 Å². The molecule has 0 amide bonds. The maximum atomic E-state index is 9.00. The molecule has 0 unspecified atom stereocenters. The molecule has 0 aliphatic carbocycles. The molecule has 2 aliphatic rings. The van der Waals surface area contributed by atoms with Crippen molar-refractivity contribution in [2.45, 2.75) is 51.2 Å². The minimum absolute atomic E-state index is 0.319. The standard InChI is InChI=1S/C29H36N8.C2H4O2/c1-35-15-11-24(12-16-35)36-17-13-25(14-18-36)37-29-26(28(30)32-20-33-29)27(34-37)22-7-9-23(10-8-22)31-19-21-5-3-2-4-6-21;1-2(3)4/h2-10,20,24-25,31H,11-19H2,1H3,(H2,30,32,33);1H3,(H,3,4). The maximum Gasteiger partial charge on any atom is 0.300 e. The predicted octanol–water partition coefficient (Wildman–Crippen LogP) is 4.51. The van der Waals surface area contributed by atoms with Crippen molar-refractivity contribution in [3.05, 3.63) is 66.5 Å². The number of likely N-dealkylation sites (tertiary alicyclic amines) is 2. The van der Waals surface area contributed by atoms with Crippen LogP contribution in [0, 0.1) is 0 Å². The number of aliphatic carboxylic acids is 1. The van der Waals surface area contributed by atoms with E-state index in [1.54, 1.807) is 6.33 Å². The van der Waals surface area contributed by atoms with Crippen LogP contribution < -0.4 is 11.1 Å². The van der Waals surface area contributed by atoms with Gasteiger partial charge in [-0.3, -0.25) is 4.79 Å². The summed E-state index contributed by atoms with van der Waals surface area (Å²) in [5.41, 5.74) is 11.4. The average Bonchev–Trinajstić information content (AvgIpc) is 3.38. The zero-order valence-electron chi connectivity index (χ0n) is 23.9. The van der Waals surface area contributed by atoms with E-state index in [9.17, 15) is 0 Å². The summed E-state index contributed by atoms with van der Waals surface area (Å²) in [6.45, 7) is 6.49. The quantitative estimate of drug-likeness (QED) is 0.314. The molecule has 216 valence electrons. The Morgan fingerprint density at radius 1 is 0.951 bits per heavy atom. The van der Waals surface area contributed by atoms with Gasteiger partial charge in [0, 0.05) is 43.9 Å². The van der Waals surface area contributed by atoms with Gasteiger partial charge >= 0.3 is 0 Å². The average molecular weight is 557 g/mol. The first kappa shape index (κ1) is 28.5. The SMILES string of the molecule is CC(=O)O.CN1CCC(N2CCC(n3nc(-c4ccc(NCc5ccccc5)cc4)c4c(N)ncnc43)CC2)CC1. The first-order chi connectivity index (χ1) is 19.9. The van der Waals surface area contributed by atoms with Gasteiger partial charge in [-0.25, -0.2) is 14.6 Å². The van der Waals surface area contributed by atoms with Gasteiger partial charge in [-0.05, 0) is 63.5 Å². The molecule has 10 nitrogen and oxygen atoms in total. The van der Waals surface area contributed by atoms with Crippen LogP contribution in [0.15, 0.2) is 60.9 Å². The number of fused-ring (bicyclic) bond motifs is 1. The highest BCUT2D eigenvalue weighted by molar-refractivity contribution is 5.98. The second kappa shape index (κ2) is 13.1. The van der Waals surface area contributed by atoms with Gasteiger partial charge in [-0.15, -0.1) is 0 Å². The first-order valence-corrected chi connectivity index (χ1v) is 14.4. The molecule has 2 aromatic heterocycles. The van der Waals surface area contributed by atoms with Gasteiger partial charge in [-0.1, -0.05) is 42.5 Å². The summed E-state index contributed by atoms with van der Waals surface area (Å²) < 4.78 is 2.12. The molecule has 0 radical (unpaired) electrons. The molecular formula is C31H40N8O2. The van der Waals surface area contributed by atoms with E-state index in [4.69, 9.17) is 20.7 Å². The minimum atomic E-state index is -0.833. The number of carbonyl (C=O) groups is 1. The zero-order chi connectivity index (χ0) is 28.8. The molecule has 2 aromatic carbocycles. The Labute approximate surface area is 241 Å². The molecule has 41 heavy (non-hydrogen) atoms. The van der Waals surface area contributed by atoms with Gasteiger partial charge in [0.1, 0.15) is 17.8 Å². The van der Waals surface area contributed by atoms with Crippen molar-refractivity contribution in [1.82, 2.24) is 29.5 Å². The second-order valence-corrected chi connectivity index (χ2v) is 11.0. The van der Waals surface area contributed by atoms with Gasteiger partial charge in [0.2, 0.25) is 0 Å². The van der Waals surface area contributed by atoms with Crippen LogP contribution in [-0.2, 0) is 11.3 Å². The number of hydrogen-bond acceptors (Lipinski definition) is 8. The molecule has 2 aliphatic heterocycles. The number of anilines is 2. The molecule has 4 aromatic rings. The van der Waals surface area contributed by atoms with E-state index in [0.717, 1.165) is 67.4 Å². The van der Waals surface area contributed by atoms with Gasteiger partial charge in [0.05, 0.1) is 11.4 Å². The summed E-state index contributed by atoms with van der Waals surface area (Å²) in [6.07, 6.45) is 6.26. The molecule has 2 fully saturated rings. The molecule has 10 heteroatoms. The van der Waals surface area contributed by atoms with Crippen LogP contribution >= 0.6 is 0 Å². The van der Waals surface area contributed by atoms with Crippen molar-refractivity contribution < 1.29 is 9.90 Å². The Morgan fingerprint density at radius 3 is 2.24 bits per heavy atom. The monoisotopic (exact) mass is 556 g/mol. The fourth-order valence-corrected chi connectivity index (χ4v) is 5.85. The topological polar surface area (TPSA) is 125 Å². The Balaban J connectivity index is 0.000000794. The summed E-state index contributed by atoms with van der Waals surface area (Å²) in [7, 11) is 2.23. The lowest BCUT2D eigenvalue weighted by Crippen LogP contribution is -2.47. The van der Waals surface area contributed by atoms with Crippen molar-refractivity contribution in [3.63, 3.8) is 0 Å². The van der Waals surface area contributed by atoms with Gasteiger partial charge in [0.25, 0.3) is 5.97 Å². The molecule has 0 saturated carbocycles. The Bertz CT molecular complexity index is 1420. The first-order valence-electron chi connectivity index (χ1n) is 14.4. The van der Waals surface area contributed by atoms with Crippen LogP contribution in [0.25, 0.3) is 22.3 Å². The third-order valence-electron chi connectivity index (χ3n) is 8.07. The smallest absolute Gasteiger partial charge is 0.300 e. The highest BCUT2D eigenvalue weighted by Gasteiger charge is 2.30. The van der Waals surface area contributed by atoms with E-state index < -0.39 is 5.97 Å². The van der Waals surface area contributed by atoms with E-state index in [-0.39, 0.29) is 0 Å². The molecule has 0 bridgehead atoms. The number of piperidine rings is 2. The third-order valence-corrected chi connectivity index (χ3v) is 8.07. The number of nitrogens with one attached hydrogen (secondary N) is 1. The number of nitrogen functional groups attached to an aromatic ring is 1. The van der Waals surface area contributed by atoms with Crippen LogP contribution in [0.1, 0.15) is 44.2 Å².